The number of rotatable bonds is 8. The van der Waals surface area contributed by atoms with Crippen molar-refractivity contribution in [1.29, 1.82) is 0 Å². The topological polar surface area (TPSA) is 42.8 Å². The summed E-state index contributed by atoms with van der Waals surface area (Å²) < 4.78 is 6.70. The van der Waals surface area contributed by atoms with Crippen molar-refractivity contribution in [2.75, 3.05) is 26.7 Å². The zero-order chi connectivity index (χ0) is 16.5. The Morgan fingerprint density at radius 3 is 2.52 bits per heavy atom. The first-order valence-electron chi connectivity index (χ1n) is 7.64. The normalized spacial score (nSPS) is 11.7. The molecular weight excluding hydrogens is 356 g/mol. The van der Waals surface area contributed by atoms with Gasteiger partial charge in [0.25, 0.3) is 5.91 Å². The predicted octanol–water partition coefficient (Wildman–Crippen LogP) is 1.66. The molecule has 0 spiro atoms. The van der Waals surface area contributed by atoms with Crippen molar-refractivity contribution in [3.8, 4) is 5.75 Å². The fraction of sp³-hybridized carbons (Fsp3) is 0.278. The first-order chi connectivity index (χ1) is 11.1. The number of halogens is 1. The zero-order valence-electron chi connectivity index (χ0n) is 13.2. The molecule has 1 amide bonds. The Bertz CT molecular complexity index is 602. The van der Waals surface area contributed by atoms with Gasteiger partial charge in [-0.3, -0.25) is 4.79 Å². The molecule has 1 atom stereocenters. The molecule has 0 aliphatic carbocycles. The number of hydrogen-bond donors (Lipinski definition) is 2. The third-order valence-corrected chi connectivity index (χ3v) is 3.93. The molecule has 1 unspecified atom stereocenters. The molecule has 2 aromatic rings. The summed E-state index contributed by atoms with van der Waals surface area (Å²) in [6, 6.07) is 17.7. The number of ether oxygens (including phenoxy) is 1. The maximum atomic E-state index is 11.9. The van der Waals surface area contributed by atoms with E-state index in [1.165, 1.54) is 0 Å². The van der Waals surface area contributed by atoms with Crippen molar-refractivity contribution in [2.45, 2.75) is 6.54 Å². The summed E-state index contributed by atoms with van der Waals surface area (Å²) in [6.07, 6.45) is 0. The lowest BCUT2D eigenvalue weighted by atomic mass is 10.2. The van der Waals surface area contributed by atoms with Crippen molar-refractivity contribution >= 4 is 21.8 Å². The Labute approximate surface area is 145 Å². The molecule has 5 heteroatoms. The van der Waals surface area contributed by atoms with Crippen LogP contribution >= 0.6 is 15.9 Å². The van der Waals surface area contributed by atoms with Gasteiger partial charge in [0.15, 0.2) is 6.54 Å². The highest BCUT2D eigenvalue weighted by Crippen LogP contribution is 2.15. The molecule has 0 bridgehead atoms. The van der Waals surface area contributed by atoms with E-state index in [2.05, 4.69) is 21.2 Å². The van der Waals surface area contributed by atoms with E-state index in [9.17, 15) is 4.79 Å². The summed E-state index contributed by atoms with van der Waals surface area (Å²) in [7, 11) is 1.99. The van der Waals surface area contributed by atoms with Gasteiger partial charge >= 0.3 is 0 Å². The molecule has 0 heterocycles. The van der Waals surface area contributed by atoms with E-state index in [4.69, 9.17) is 4.74 Å². The van der Waals surface area contributed by atoms with Crippen LogP contribution in [0.25, 0.3) is 0 Å². The summed E-state index contributed by atoms with van der Waals surface area (Å²) in [5, 5.41) is 2.94. The molecule has 4 nitrogen and oxygen atoms in total. The molecular formula is C18H22BrN2O2+. The maximum Gasteiger partial charge on any atom is 0.275 e. The van der Waals surface area contributed by atoms with Gasteiger partial charge in [0.1, 0.15) is 18.9 Å². The van der Waals surface area contributed by atoms with Crippen molar-refractivity contribution in [1.82, 2.24) is 5.32 Å². The molecule has 2 aromatic carbocycles. The van der Waals surface area contributed by atoms with E-state index in [0.717, 1.165) is 27.2 Å². The Hall–Kier alpha value is -1.85. The minimum absolute atomic E-state index is 0.0509. The summed E-state index contributed by atoms with van der Waals surface area (Å²) in [4.78, 5) is 13.0. The summed E-state index contributed by atoms with van der Waals surface area (Å²) in [6.45, 7) is 2.37. The third-order valence-electron chi connectivity index (χ3n) is 3.41. The second-order valence-corrected chi connectivity index (χ2v) is 6.36. The molecule has 0 radical (unpaired) electrons. The molecule has 0 saturated heterocycles. The Morgan fingerprint density at radius 2 is 1.83 bits per heavy atom. The maximum absolute atomic E-state index is 11.9. The minimum Gasteiger partial charge on any atom is -0.488 e. The van der Waals surface area contributed by atoms with Crippen LogP contribution in [0.5, 0.6) is 5.75 Å². The van der Waals surface area contributed by atoms with Crippen molar-refractivity contribution in [3.05, 3.63) is 64.6 Å². The highest BCUT2D eigenvalue weighted by atomic mass is 79.9. The van der Waals surface area contributed by atoms with E-state index in [1.54, 1.807) is 0 Å². The van der Waals surface area contributed by atoms with Crippen LogP contribution in [0, 0.1) is 0 Å². The fourth-order valence-corrected chi connectivity index (χ4v) is 2.36. The van der Waals surface area contributed by atoms with Gasteiger partial charge in [-0.1, -0.05) is 46.3 Å². The highest BCUT2D eigenvalue weighted by Gasteiger charge is 2.09. The number of nitrogens with one attached hydrogen (secondary N) is 2. The fourth-order valence-electron chi connectivity index (χ4n) is 2.10. The van der Waals surface area contributed by atoms with Crippen LogP contribution in [-0.2, 0) is 11.3 Å². The van der Waals surface area contributed by atoms with E-state index >= 15 is 0 Å². The minimum atomic E-state index is 0.0509. The van der Waals surface area contributed by atoms with Crippen molar-refractivity contribution in [3.63, 3.8) is 0 Å². The van der Waals surface area contributed by atoms with Gasteiger partial charge in [0.2, 0.25) is 0 Å². The lowest BCUT2D eigenvalue weighted by molar-refractivity contribution is -0.871. The highest BCUT2D eigenvalue weighted by molar-refractivity contribution is 9.10. The molecule has 0 fully saturated rings. The van der Waals surface area contributed by atoms with Crippen LogP contribution in [0.3, 0.4) is 0 Å². The van der Waals surface area contributed by atoms with E-state index in [-0.39, 0.29) is 5.91 Å². The number of carbonyl (C=O) groups excluding carboxylic acids is 1. The SMILES string of the molecule is C[NH+](CCOc1ccc(Br)cc1)CC(=O)NCc1ccccc1. The number of quaternary nitrogens is 1. The zero-order valence-corrected chi connectivity index (χ0v) is 14.8. The Balaban J connectivity index is 1.63. The summed E-state index contributed by atoms with van der Waals surface area (Å²) >= 11 is 3.39. The Kier molecular flexibility index (Phi) is 7.10. The van der Waals surface area contributed by atoms with Crippen LogP contribution in [0.2, 0.25) is 0 Å². The smallest absolute Gasteiger partial charge is 0.275 e. The predicted molar refractivity (Wildman–Crippen MR) is 94.5 cm³/mol. The van der Waals surface area contributed by atoms with Crippen molar-refractivity contribution < 1.29 is 14.4 Å². The van der Waals surface area contributed by atoms with E-state index in [1.807, 2.05) is 61.6 Å². The standard InChI is InChI=1S/C18H21BrN2O2/c1-21(11-12-23-17-9-7-16(19)8-10-17)14-18(22)20-13-15-5-3-2-4-6-15/h2-10H,11-14H2,1H3,(H,20,22)/p+1. The van der Waals surface area contributed by atoms with E-state index < -0.39 is 0 Å². The molecule has 0 aliphatic rings. The van der Waals surface area contributed by atoms with Crippen LogP contribution < -0.4 is 15.0 Å². The molecule has 0 aliphatic heterocycles. The average molecular weight is 378 g/mol. The van der Waals surface area contributed by atoms with Gasteiger partial charge in [0.05, 0.1) is 7.05 Å². The largest absolute Gasteiger partial charge is 0.488 e. The molecule has 0 saturated carbocycles. The second-order valence-electron chi connectivity index (χ2n) is 5.45. The molecule has 2 rings (SSSR count). The molecule has 23 heavy (non-hydrogen) atoms. The summed E-state index contributed by atoms with van der Waals surface area (Å²) in [5.74, 6) is 0.893. The van der Waals surface area contributed by atoms with Gasteiger partial charge in [0, 0.05) is 11.0 Å². The number of benzene rings is 2. The quantitative estimate of drug-likeness (QED) is 0.734. The lowest BCUT2D eigenvalue weighted by Gasteiger charge is -2.14. The second kappa shape index (κ2) is 9.33. The number of carbonyl (C=O) groups is 1. The van der Waals surface area contributed by atoms with Gasteiger partial charge in [-0.15, -0.1) is 0 Å². The lowest BCUT2D eigenvalue weighted by Crippen LogP contribution is -3.10. The van der Waals surface area contributed by atoms with Crippen LogP contribution in [0.1, 0.15) is 5.56 Å². The Morgan fingerprint density at radius 1 is 1.13 bits per heavy atom. The van der Waals surface area contributed by atoms with Gasteiger partial charge < -0.3 is 15.0 Å². The molecule has 2 N–H and O–H groups in total. The van der Waals surface area contributed by atoms with Gasteiger partial charge in [-0.25, -0.2) is 0 Å². The number of amides is 1. The number of likely N-dealkylation sites (N-methyl/N-ethyl adjacent to an activating group) is 1. The third kappa shape index (κ3) is 6.84. The van der Waals surface area contributed by atoms with Crippen LogP contribution in [-0.4, -0.2) is 32.7 Å². The average Bonchev–Trinajstić information content (AvgIpc) is 2.56. The van der Waals surface area contributed by atoms with Gasteiger partial charge in [-0.2, -0.15) is 0 Å². The summed E-state index contributed by atoms with van der Waals surface area (Å²) in [5.41, 5.74) is 1.11. The van der Waals surface area contributed by atoms with Gasteiger partial charge in [-0.05, 0) is 29.8 Å². The van der Waals surface area contributed by atoms with Crippen LogP contribution in [0.15, 0.2) is 59.1 Å². The first kappa shape index (κ1) is 17.5. The molecule has 0 aromatic heterocycles. The van der Waals surface area contributed by atoms with Crippen LogP contribution in [0.4, 0.5) is 0 Å². The van der Waals surface area contributed by atoms with E-state index in [0.29, 0.717) is 19.7 Å². The first-order valence-corrected chi connectivity index (χ1v) is 8.43. The monoisotopic (exact) mass is 377 g/mol. The molecule has 122 valence electrons. The number of hydrogen-bond acceptors (Lipinski definition) is 2. The van der Waals surface area contributed by atoms with Crippen molar-refractivity contribution in [2.24, 2.45) is 0 Å².